The van der Waals surface area contributed by atoms with Gasteiger partial charge in [0.15, 0.2) is 11.5 Å². The van der Waals surface area contributed by atoms with Crippen LogP contribution in [0.15, 0.2) is 42.5 Å². The highest BCUT2D eigenvalue weighted by Crippen LogP contribution is 2.45. The molecule has 1 unspecified atom stereocenters. The number of hydrogen-bond donors (Lipinski definition) is 2. The third-order valence-electron chi connectivity index (χ3n) is 6.92. The standard InChI is InChI=1S/C23H26FNO3/c24-19-7-2-1-5-17(19)14-25-12-11-23(26)10-4-3-6-18(23)22(25)16-8-9-20-21(13-16)28-15-27-20/h1-2,5,7-9,13,18,22,26H,3-4,6,10-12,14-15H2/p+1/t18-,22+,23-/m1/s1. The van der Waals surface area contributed by atoms with E-state index in [1.807, 2.05) is 18.2 Å². The number of nitrogens with one attached hydrogen (secondary N) is 1. The van der Waals surface area contributed by atoms with Crippen LogP contribution in [-0.2, 0) is 6.54 Å². The third kappa shape index (κ3) is 3.07. The molecule has 1 aliphatic carbocycles. The normalized spacial score (nSPS) is 31.4. The Morgan fingerprint density at radius 1 is 1.07 bits per heavy atom. The fourth-order valence-electron chi connectivity index (χ4n) is 5.51. The molecule has 2 aromatic carbocycles. The molecule has 2 aromatic rings. The average molecular weight is 384 g/mol. The molecule has 0 amide bonds. The molecule has 0 radical (unpaired) electrons. The number of aliphatic hydroxyl groups is 1. The molecule has 2 heterocycles. The number of rotatable bonds is 3. The van der Waals surface area contributed by atoms with E-state index in [1.165, 1.54) is 11.0 Å². The molecule has 4 atom stereocenters. The molecule has 0 aromatic heterocycles. The van der Waals surface area contributed by atoms with Gasteiger partial charge in [-0.1, -0.05) is 31.0 Å². The molecule has 2 aliphatic heterocycles. The fraction of sp³-hybridized carbons (Fsp3) is 0.478. The molecule has 0 spiro atoms. The SMILES string of the molecule is O[C@@]12CCCC[C@@H]1[C@H](c1ccc3c(c1)OCO3)[NH+](Cc1ccccc1F)CC2. The Kier molecular flexibility index (Phi) is 4.52. The van der Waals surface area contributed by atoms with E-state index >= 15 is 0 Å². The van der Waals surface area contributed by atoms with Gasteiger partial charge in [-0.25, -0.2) is 4.39 Å². The van der Waals surface area contributed by atoms with Gasteiger partial charge in [-0.15, -0.1) is 0 Å². The van der Waals surface area contributed by atoms with Crippen LogP contribution in [0.1, 0.15) is 49.3 Å². The summed E-state index contributed by atoms with van der Waals surface area (Å²) >= 11 is 0. The van der Waals surface area contributed by atoms with Crippen LogP contribution in [0.25, 0.3) is 0 Å². The summed E-state index contributed by atoms with van der Waals surface area (Å²) < 4.78 is 25.5. The predicted molar refractivity (Wildman–Crippen MR) is 103 cm³/mol. The minimum atomic E-state index is -0.613. The molecule has 3 aliphatic rings. The lowest BCUT2D eigenvalue weighted by Crippen LogP contribution is -3.13. The van der Waals surface area contributed by atoms with Gasteiger partial charge in [0, 0.05) is 23.5 Å². The van der Waals surface area contributed by atoms with Crippen LogP contribution in [0.4, 0.5) is 4.39 Å². The summed E-state index contributed by atoms with van der Waals surface area (Å²) in [4.78, 5) is 1.32. The lowest BCUT2D eigenvalue weighted by molar-refractivity contribution is -0.958. The Morgan fingerprint density at radius 2 is 1.93 bits per heavy atom. The van der Waals surface area contributed by atoms with Crippen molar-refractivity contribution in [2.45, 2.75) is 50.3 Å². The maximum absolute atomic E-state index is 14.4. The number of piperidine rings is 1. The molecular formula is C23H27FNO3+. The highest BCUT2D eigenvalue weighted by atomic mass is 19.1. The van der Waals surface area contributed by atoms with Crippen molar-refractivity contribution in [3.8, 4) is 11.5 Å². The first-order valence-electron chi connectivity index (χ1n) is 10.3. The van der Waals surface area contributed by atoms with Crippen molar-refractivity contribution in [2.24, 2.45) is 5.92 Å². The van der Waals surface area contributed by atoms with Gasteiger partial charge >= 0.3 is 0 Å². The van der Waals surface area contributed by atoms with Gasteiger partial charge in [0.05, 0.1) is 12.1 Å². The van der Waals surface area contributed by atoms with Gasteiger partial charge < -0.3 is 19.5 Å². The van der Waals surface area contributed by atoms with E-state index in [4.69, 9.17) is 9.47 Å². The minimum Gasteiger partial charge on any atom is -0.454 e. The number of halogens is 1. The van der Waals surface area contributed by atoms with Crippen molar-refractivity contribution < 1.29 is 23.9 Å². The van der Waals surface area contributed by atoms with E-state index in [0.717, 1.165) is 61.3 Å². The topological polar surface area (TPSA) is 43.1 Å². The molecule has 2 N–H and O–H groups in total. The summed E-state index contributed by atoms with van der Waals surface area (Å²) in [6, 6.07) is 13.3. The molecule has 5 rings (SSSR count). The first kappa shape index (κ1) is 18.0. The van der Waals surface area contributed by atoms with Crippen LogP contribution in [0.5, 0.6) is 11.5 Å². The van der Waals surface area contributed by atoms with E-state index in [2.05, 4.69) is 12.1 Å². The van der Waals surface area contributed by atoms with E-state index in [0.29, 0.717) is 6.54 Å². The van der Waals surface area contributed by atoms with Gasteiger partial charge in [0.2, 0.25) is 6.79 Å². The van der Waals surface area contributed by atoms with E-state index in [9.17, 15) is 9.50 Å². The highest BCUT2D eigenvalue weighted by Gasteiger charge is 2.51. The molecule has 0 bridgehead atoms. The average Bonchev–Trinajstić information content (AvgIpc) is 3.17. The zero-order valence-corrected chi connectivity index (χ0v) is 16.0. The van der Waals surface area contributed by atoms with Crippen molar-refractivity contribution in [3.63, 3.8) is 0 Å². The van der Waals surface area contributed by atoms with E-state index in [-0.39, 0.29) is 24.6 Å². The van der Waals surface area contributed by atoms with Crippen molar-refractivity contribution in [2.75, 3.05) is 13.3 Å². The lowest BCUT2D eigenvalue weighted by atomic mass is 9.66. The van der Waals surface area contributed by atoms with Crippen LogP contribution < -0.4 is 14.4 Å². The Hall–Kier alpha value is -2.11. The van der Waals surface area contributed by atoms with Crippen LogP contribution in [0, 0.1) is 11.7 Å². The molecule has 4 nitrogen and oxygen atoms in total. The summed E-state index contributed by atoms with van der Waals surface area (Å²) in [6.07, 6.45) is 4.88. The fourth-order valence-corrected chi connectivity index (χ4v) is 5.51. The Morgan fingerprint density at radius 3 is 2.82 bits per heavy atom. The minimum absolute atomic E-state index is 0.119. The second kappa shape index (κ2) is 7.05. The summed E-state index contributed by atoms with van der Waals surface area (Å²) in [5, 5.41) is 11.4. The van der Waals surface area contributed by atoms with Crippen LogP contribution >= 0.6 is 0 Å². The summed E-state index contributed by atoms with van der Waals surface area (Å²) in [6.45, 7) is 1.71. The second-order valence-electron chi connectivity index (χ2n) is 8.47. The van der Waals surface area contributed by atoms with Gasteiger partial charge in [-0.05, 0) is 37.1 Å². The zero-order chi connectivity index (χ0) is 19.1. The van der Waals surface area contributed by atoms with E-state index < -0.39 is 5.60 Å². The predicted octanol–water partition coefficient (Wildman–Crippen LogP) is 3.01. The van der Waals surface area contributed by atoms with Crippen molar-refractivity contribution in [3.05, 3.63) is 59.4 Å². The largest absolute Gasteiger partial charge is 0.454 e. The number of hydrogen-bond acceptors (Lipinski definition) is 3. The van der Waals surface area contributed by atoms with Crippen LogP contribution in [0.2, 0.25) is 0 Å². The molecular weight excluding hydrogens is 357 g/mol. The van der Waals surface area contributed by atoms with Crippen molar-refractivity contribution in [1.29, 1.82) is 0 Å². The highest BCUT2D eigenvalue weighted by molar-refractivity contribution is 5.45. The zero-order valence-electron chi connectivity index (χ0n) is 16.0. The number of ether oxygens (including phenoxy) is 2. The molecule has 1 saturated carbocycles. The van der Waals surface area contributed by atoms with Gasteiger partial charge in [-0.3, -0.25) is 0 Å². The third-order valence-corrected chi connectivity index (χ3v) is 6.92. The van der Waals surface area contributed by atoms with Gasteiger partial charge in [0.1, 0.15) is 18.4 Å². The first-order chi connectivity index (χ1) is 13.6. The Labute approximate surface area is 164 Å². The number of fused-ring (bicyclic) bond motifs is 2. The van der Waals surface area contributed by atoms with Crippen molar-refractivity contribution >= 4 is 0 Å². The van der Waals surface area contributed by atoms with E-state index in [1.54, 1.807) is 6.07 Å². The van der Waals surface area contributed by atoms with Crippen LogP contribution in [-0.4, -0.2) is 24.0 Å². The maximum Gasteiger partial charge on any atom is 0.231 e. The quantitative estimate of drug-likeness (QED) is 0.855. The summed E-state index contributed by atoms with van der Waals surface area (Å²) in [5.74, 6) is 1.57. The Bertz CT molecular complexity index is 873. The van der Waals surface area contributed by atoms with Gasteiger partial charge in [0.25, 0.3) is 0 Å². The first-order valence-corrected chi connectivity index (χ1v) is 10.3. The Balaban J connectivity index is 1.53. The lowest BCUT2D eigenvalue weighted by Gasteiger charge is -2.50. The molecule has 148 valence electrons. The van der Waals surface area contributed by atoms with Crippen molar-refractivity contribution in [1.82, 2.24) is 0 Å². The smallest absolute Gasteiger partial charge is 0.231 e. The second-order valence-corrected chi connectivity index (χ2v) is 8.47. The van der Waals surface area contributed by atoms with Gasteiger partial charge in [-0.2, -0.15) is 0 Å². The summed E-state index contributed by atoms with van der Waals surface area (Å²) in [5.41, 5.74) is 1.28. The molecule has 28 heavy (non-hydrogen) atoms. The number of quaternary nitrogens is 1. The van der Waals surface area contributed by atoms with Crippen LogP contribution in [0.3, 0.4) is 0 Å². The molecule has 5 heteroatoms. The number of likely N-dealkylation sites (tertiary alicyclic amines) is 1. The molecule has 1 saturated heterocycles. The molecule has 2 fully saturated rings. The summed E-state index contributed by atoms with van der Waals surface area (Å²) in [7, 11) is 0. The maximum atomic E-state index is 14.4. The monoisotopic (exact) mass is 384 g/mol. The number of benzene rings is 2.